The molecule has 1 nitrogen and oxygen atoms in total. The Kier molecular flexibility index (Phi) is 4.21. The van der Waals surface area contributed by atoms with Crippen molar-refractivity contribution >= 4 is 5.57 Å². The number of fused-ring (bicyclic) bond motifs is 2. The standard InChI is InChI=1S/C20H23N/c1-21(2)15-7-12-20-18-10-5-3-8-16(18)13-14-17-9-4-6-11-19(17)20/h3-6,8-12H,7,13-15H2,1-2H3/i1+1,2+1,15+1. The monoisotopic (exact) mass is 280 g/mol. The van der Waals surface area contributed by atoms with Crippen LogP contribution in [0.1, 0.15) is 28.7 Å². The largest absolute Gasteiger partial charge is 0.309 e. The molecule has 1 heteroatoms. The fraction of sp³-hybridized carbons (Fsp3) is 0.300. The van der Waals surface area contributed by atoms with Gasteiger partial charge in [0.1, 0.15) is 0 Å². The van der Waals surface area contributed by atoms with Crippen LogP contribution < -0.4 is 0 Å². The zero-order chi connectivity index (χ0) is 14.7. The van der Waals surface area contributed by atoms with Gasteiger partial charge in [0.15, 0.2) is 0 Å². The van der Waals surface area contributed by atoms with Gasteiger partial charge in [-0.2, -0.15) is 0 Å². The van der Waals surface area contributed by atoms with Crippen molar-refractivity contribution in [1.82, 2.24) is 4.90 Å². The minimum atomic E-state index is 1.09. The van der Waals surface area contributed by atoms with Crippen LogP contribution in [-0.4, -0.2) is 25.5 Å². The number of hydrogen-bond acceptors (Lipinski definition) is 1. The highest BCUT2D eigenvalue weighted by molar-refractivity contribution is 5.83. The van der Waals surface area contributed by atoms with E-state index in [1.54, 1.807) is 0 Å². The lowest BCUT2D eigenvalue weighted by Gasteiger charge is -2.13. The minimum Gasteiger partial charge on any atom is -0.309 e. The molecule has 0 saturated carbocycles. The topological polar surface area (TPSA) is 3.24 Å². The summed E-state index contributed by atoms with van der Waals surface area (Å²) in [6.07, 6.45) is 5.78. The summed E-state index contributed by atoms with van der Waals surface area (Å²) in [5.74, 6) is 0. The molecule has 3 rings (SSSR count). The number of rotatable bonds is 3. The van der Waals surface area contributed by atoms with Crippen molar-refractivity contribution in [1.29, 1.82) is 0 Å². The fourth-order valence-corrected chi connectivity index (χ4v) is 3.10. The van der Waals surface area contributed by atoms with Gasteiger partial charge in [0.25, 0.3) is 0 Å². The van der Waals surface area contributed by atoms with E-state index in [4.69, 9.17) is 0 Å². The summed E-state index contributed by atoms with van der Waals surface area (Å²) in [6.45, 7) is 1.09. The van der Waals surface area contributed by atoms with Crippen LogP contribution in [0.2, 0.25) is 0 Å². The molecule has 0 heterocycles. The molecule has 0 spiro atoms. The molecule has 0 bridgehead atoms. The minimum absolute atomic E-state index is 1.09. The van der Waals surface area contributed by atoms with E-state index in [9.17, 15) is 0 Å². The molecular weight excluding hydrogens is 257 g/mol. The second-order valence-corrected chi connectivity index (χ2v) is 6.02. The van der Waals surface area contributed by atoms with Crippen molar-refractivity contribution < 1.29 is 0 Å². The van der Waals surface area contributed by atoms with Crippen LogP contribution in [0.15, 0.2) is 54.6 Å². The predicted octanol–water partition coefficient (Wildman–Crippen LogP) is 4.17. The Bertz CT molecular complexity index is 603. The maximum Gasteiger partial charge on any atom is 0.00101 e. The van der Waals surface area contributed by atoms with Gasteiger partial charge >= 0.3 is 0 Å². The van der Waals surface area contributed by atoms with Gasteiger partial charge in [-0.05, 0) is 61.2 Å². The van der Waals surface area contributed by atoms with Gasteiger partial charge in [0.05, 0.1) is 0 Å². The Morgan fingerprint density at radius 1 is 0.857 bits per heavy atom. The highest BCUT2D eigenvalue weighted by Crippen LogP contribution is 2.33. The smallest absolute Gasteiger partial charge is 0.00101 e. The zero-order valence-electron chi connectivity index (χ0n) is 13.0. The van der Waals surface area contributed by atoms with Crippen molar-refractivity contribution in [3.8, 4) is 0 Å². The molecule has 0 unspecified atom stereocenters. The summed E-state index contributed by atoms with van der Waals surface area (Å²) in [5, 5.41) is 0. The average molecular weight is 280 g/mol. The Morgan fingerprint density at radius 2 is 1.38 bits per heavy atom. The number of hydrogen-bond donors (Lipinski definition) is 0. The first-order valence-corrected chi connectivity index (χ1v) is 7.77. The quantitative estimate of drug-likeness (QED) is 0.763. The first kappa shape index (κ1) is 14.1. The lowest BCUT2D eigenvalue weighted by molar-refractivity contribution is 0.417. The van der Waals surface area contributed by atoms with Crippen LogP contribution >= 0.6 is 0 Å². The molecule has 0 fully saturated rings. The lowest BCUT2D eigenvalue weighted by Crippen LogP contribution is -2.12. The highest BCUT2D eigenvalue weighted by Gasteiger charge is 2.16. The predicted molar refractivity (Wildman–Crippen MR) is 90.5 cm³/mol. The van der Waals surface area contributed by atoms with Gasteiger partial charge in [-0.1, -0.05) is 54.6 Å². The van der Waals surface area contributed by atoms with Crippen LogP contribution in [0.25, 0.3) is 5.57 Å². The second kappa shape index (κ2) is 6.28. The molecule has 1 aliphatic carbocycles. The Labute approximate surface area is 127 Å². The number of nitrogens with zero attached hydrogens (tertiary/aromatic N) is 1. The molecule has 0 amide bonds. The zero-order valence-corrected chi connectivity index (χ0v) is 13.0. The molecule has 108 valence electrons. The van der Waals surface area contributed by atoms with E-state index in [2.05, 4.69) is 73.6 Å². The third-order valence-electron chi connectivity index (χ3n) is 4.20. The van der Waals surface area contributed by atoms with Crippen molar-refractivity contribution in [2.75, 3.05) is 20.6 Å². The van der Waals surface area contributed by atoms with Crippen LogP contribution in [0.5, 0.6) is 0 Å². The summed E-state index contributed by atoms with van der Waals surface area (Å²) in [4.78, 5) is 2.24. The number of benzene rings is 2. The van der Waals surface area contributed by atoms with Crippen LogP contribution in [0, 0.1) is 0 Å². The molecule has 0 radical (unpaired) electrons. The van der Waals surface area contributed by atoms with E-state index in [1.165, 1.54) is 27.8 Å². The Hall–Kier alpha value is -1.86. The first-order valence-electron chi connectivity index (χ1n) is 7.77. The van der Waals surface area contributed by atoms with Gasteiger partial charge in [-0.25, -0.2) is 0 Å². The second-order valence-electron chi connectivity index (χ2n) is 6.02. The van der Waals surface area contributed by atoms with Crippen LogP contribution in [0.4, 0.5) is 0 Å². The third-order valence-corrected chi connectivity index (χ3v) is 4.20. The summed E-state index contributed by atoms with van der Waals surface area (Å²) in [5.41, 5.74) is 7.21. The van der Waals surface area contributed by atoms with E-state index in [0.29, 0.717) is 0 Å². The maximum atomic E-state index is 2.42. The molecule has 0 saturated heterocycles. The molecule has 2 aromatic rings. The Balaban J connectivity index is 2.07. The van der Waals surface area contributed by atoms with Gasteiger partial charge in [-0.15, -0.1) is 0 Å². The lowest BCUT2D eigenvalue weighted by atomic mass is 9.94. The van der Waals surface area contributed by atoms with Crippen molar-refractivity contribution in [3.63, 3.8) is 0 Å². The van der Waals surface area contributed by atoms with E-state index in [1.807, 2.05) is 0 Å². The summed E-state index contributed by atoms with van der Waals surface area (Å²) >= 11 is 0. The van der Waals surface area contributed by atoms with Crippen LogP contribution in [-0.2, 0) is 12.8 Å². The molecular formula is C20H23N. The average Bonchev–Trinajstić information content (AvgIpc) is 2.65. The van der Waals surface area contributed by atoms with Gasteiger partial charge in [0.2, 0.25) is 0 Å². The third kappa shape index (κ3) is 3.08. The van der Waals surface area contributed by atoms with E-state index in [0.717, 1.165) is 25.8 Å². The van der Waals surface area contributed by atoms with Crippen LogP contribution in [0.3, 0.4) is 0 Å². The van der Waals surface area contributed by atoms with Gasteiger partial charge < -0.3 is 4.90 Å². The van der Waals surface area contributed by atoms with Crippen molar-refractivity contribution in [3.05, 3.63) is 76.9 Å². The molecule has 0 aromatic heterocycles. The van der Waals surface area contributed by atoms with E-state index in [-0.39, 0.29) is 0 Å². The number of aryl methyl sites for hydroxylation is 2. The van der Waals surface area contributed by atoms with E-state index >= 15 is 0 Å². The highest BCUT2D eigenvalue weighted by atomic mass is 15.4. The van der Waals surface area contributed by atoms with E-state index < -0.39 is 0 Å². The molecule has 0 N–H and O–H groups in total. The molecule has 0 atom stereocenters. The Morgan fingerprint density at radius 3 is 1.90 bits per heavy atom. The molecule has 0 aliphatic heterocycles. The summed E-state index contributed by atoms with van der Waals surface area (Å²) < 4.78 is 0. The van der Waals surface area contributed by atoms with Crippen molar-refractivity contribution in [2.24, 2.45) is 0 Å². The summed E-state index contributed by atoms with van der Waals surface area (Å²) in [7, 11) is 4.26. The van der Waals surface area contributed by atoms with Gasteiger partial charge in [0, 0.05) is 6.54 Å². The van der Waals surface area contributed by atoms with Gasteiger partial charge in [-0.3, -0.25) is 0 Å². The summed E-state index contributed by atoms with van der Waals surface area (Å²) in [6, 6.07) is 17.7. The first-order chi connectivity index (χ1) is 10.3. The normalized spacial score (nSPS) is 13.6. The fourth-order valence-electron chi connectivity index (χ4n) is 3.10. The molecule has 2 aromatic carbocycles. The van der Waals surface area contributed by atoms with Crippen molar-refractivity contribution in [2.45, 2.75) is 19.3 Å². The molecule has 21 heavy (non-hydrogen) atoms. The SMILES string of the molecule is [13CH3]N([13CH3])[13CH2]CC=C1c2ccccc2CCc2ccccc21. The molecule has 1 aliphatic rings. The maximum absolute atomic E-state index is 2.42.